The third-order valence-electron chi connectivity index (χ3n) is 7.93. The molecule has 40 heavy (non-hydrogen) atoms. The third kappa shape index (κ3) is 5.47. The van der Waals surface area contributed by atoms with E-state index in [9.17, 15) is 9.18 Å². The van der Waals surface area contributed by atoms with Crippen LogP contribution in [0.15, 0.2) is 76.1 Å². The number of fused-ring (bicyclic) bond motifs is 1. The van der Waals surface area contributed by atoms with Crippen LogP contribution >= 0.6 is 0 Å². The number of rotatable bonds is 9. The lowest BCUT2D eigenvalue weighted by Crippen LogP contribution is -2.35. The monoisotopic (exact) mass is 540 g/mol. The first-order valence-corrected chi connectivity index (χ1v) is 14.0. The highest BCUT2D eigenvalue weighted by molar-refractivity contribution is 5.80. The van der Waals surface area contributed by atoms with Gasteiger partial charge in [0.25, 0.3) is 5.56 Å². The second-order valence-corrected chi connectivity index (χ2v) is 10.6. The van der Waals surface area contributed by atoms with Gasteiger partial charge in [0, 0.05) is 17.6 Å². The van der Waals surface area contributed by atoms with Crippen LogP contribution < -0.4 is 5.56 Å². The number of H-pyrrole nitrogens is 1. The van der Waals surface area contributed by atoms with Crippen LogP contribution in [0.3, 0.4) is 0 Å². The summed E-state index contributed by atoms with van der Waals surface area (Å²) < 4.78 is 21.5. The fraction of sp³-hybridized carbons (Fsp3) is 0.355. The van der Waals surface area contributed by atoms with Crippen molar-refractivity contribution < 1.29 is 8.81 Å². The molecular formula is C31H33FN6O2. The first-order valence-electron chi connectivity index (χ1n) is 14.0. The molecule has 1 aliphatic rings. The van der Waals surface area contributed by atoms with E-state index in [1.54, 1.807) is 18.4 Å². The van der Waals surface area contributed by atoms with Crippen molar-refractivity contribution in [1.29, 1.82) is 0 Å². The van der Waals surface area contributed by atoms with Crippen molar-refractivity contribution in [3.63, 3.8) is 0 Å². The van der Waals surface area contributed by atoms with Gasteiger partial charge in [-0.3, -0.25) is 9.69 Å². The van der Waals surface area contributed by atoms with E-state index >= 15 is 0 Å². The summed E-state index contributed by atoms with van der Waals surface area (Å²) in [5, 5.41) is 14.1. The van der Waals surface area contributed by atoms with Crippen molar-refractivity contribution in [1.82, 2.24) is 30.1 Å². The molecule has 1 fully saturated rings. The van der Waals surface area contributed by atoms with Crippen molar-refractivity contribution in [2.75, 3.05) is 0 Å². The summed E-state index contributed by atoms with van der Waals surface area (Å²) in [4.78, 5) is 19.0. The van der Waals surface area contributed by atoms with Crippen molar-refractivity contribution in [2.45, 2.75) is 70.6 Å². The van der Waals surface area contributed by atoms with Gasteiger partial charge in [0.15, 0.2) is 5.82 Å². The second kappa shape index (κ2) is 11.6. The number of aromatic amines is 1. The SMILES string of the molecule is CCc1ccc2[nH]c(=O)c(C(c3nnnn3C3CCCCC3)N(Cc3ccc(F)cc3)Cc3ccco3)cc2c1. The summed E-state index contributed by atoms with van der Waals surface area (Å²) in [6.07, 6.45) is 7.97. The molecule has 2 aromatic carbocycles. The fourth-order valence-electron chi connectivity index (χ4n) is 5.83. The number of hydrogen-bond acceptors (Lipinski definition) is 6. The van der Waals surface area contributed by atoms with E-state index in [-0.39, 0.29) is 17.4 Å². The van der Waals surface area contributed by atoms with Crippen LogP contribution in [-0.4, -0.2) is 30.1 Å². The van der Waals surface area contributed by atoms with Gasteiger partial charge in [0.05, 0.1) is 18.8 Å². The third-order valence-corrected chi connectivity index (χ3v) is 7.93. The average molecular weight is 541 g/mol. The van der Waals surface area contributed by atoms with Gasteiger partial charge >= 0.3 is 0 Å². The smallest absolute Gasteiger partial charge is 0.253 e. The fourth-order valence-corrected chi connectivity index (χ4v) is 5.83. The normalized spacial score (nSPS) is 15.2. The molecule has 6 rings (SSSR count). The quantitative estimate of drug-likeness (QED) is 0.243. The molecule has 5 aromatic rings. The molecule has 9 heteroatoms. The number of nitrogens with zero attached hydrogens (tertiary/aromatic N) is 5. The van der Waals surface area contributed by atoms with E-state index in [4.69, 9.17) is 4.42 Å². The molecular weight excluding hydrogens is 507 g/mol. The lowest BCUT2D eigenvalue weighted by atomic mass is 9.95. The van der Waals surface area contributed by atoms with Crippen LogP contribution in [0.2, 0.25) is 0 Å². The average Bonchev–Trinajstić information content (AvgIpc) is 3.68. The molecule has 1 saturated carbocycles. The Labute approximate surface area is 231 Å². The second-order valence-electron chi connectivity index (χ2n) is 10.6. The van der Waals surface area contributed by atoms with Crippen molar-refractivity contribution in [2.24, 2.45) is 0 Å². The van der Waals surface area contributed by atoms with Gasteiger partial charge in [-0.2, -0.15) is 0 Å². The maximum atomic E-state index is 13.8. The number of pyridine rings is 1. The van der Waals surface area contributed by atoms with Gasteiger partial charge in [-0.1, -0.05) is 44.4 Å². The van der Waals surface area contributed by atoms with Crippen LogP contribution in [0.5, 0.6) is 0 Å². The Kier molecular flexibility index (Phi) is 7.55. The zero-order valence-electron chi connectivity index (χ0n) is 22.6. The highest BCUT2D eigenvalue weighted by atomic mass is 19.1. The maximum absolute atomic E-state index is 13.8. The summed E-state index contributed by atoms with van der Waals surface area (Å²) in [6.45, 7) is 2.94. The summed E-state index contributed by atoms with van der Waals surface area (Å²) >= 11 is 0. The van der Waals surface area contributed by atoms with Gasteiger partial charge in [0.2, 0.25) is 0 Å². The molecule has 0 spiro atoms. The van der Waals surface area contributed by atoms with Gasteiger partial charge in [0.1, 0.15) is 17.6 Å². The zero-order chi connectivity index (χ0) is 27.5. The van der Waals surface area contributed by atoms with Crippen LogP contribution in [0.1, 0.15) is 79.4 Å². The highest BCUT2D eigenvalue weighted by Crippen LogP contribution is 2.34. The summed E-state index contributed by atoms with van der Waals surface area (Å²) in [6, 6.07) is 17.9. The number of furan rings is 1. The van der Waals surface area contributed by atoms with E-state index in [0.29, 0.717) is 24.5 Å². The minimum Gasteiger partial charge on any atom is -0.468 e. The lowest BCUT2D eigenvalue weighted by Gasteiger charge is -2.32. The Hall–Kier alpha value is -4.11. The Balaban J connectivity index is 1.53. The van der Waals surface area contributed by atoms with E-state index < -0.39 is 6.04 Å². The van der Waals surface area contributed by atoms with Crippen LogP contribution in [0.25, 0.3) is 10.9 Å². The predicted octanol–water partition coefficient (Wildman–Crippen LogP) is 6.11. The molecule has 0 amide bonds. The molecule has 0 saturated heterocycles. The Morgan fingerprint density at radius 2 is 1.85 bits per heavy atom. The number of aryl methyl sites for hydroxylation is 1. The molecule has 206 valence electrons. The molecule has 1 N–H and O–H groups in total. The lowest BCUT2D eigenvalue weighted by molar-refractivity contribution is 0.173. The van der Waals surface area contributed by atoms with E-state index in [2.05, 4.69) is 38.4 Å². The number of hydrogen-bond donors (Lipinski definition) is 1. The Morgan fingerprint density at radius 1 is 1.05 bits per heavy atom. The Bertz CT molecular complexity index is 1620. The molecule has 0 aliphatic heterocycles. The molecule has 0 radical (unpaired) electrons. The molecule has 0 bridgehead atoms. The van der Waals surface area contributed by atoms with Crippen LogP contribution in [0, 0.1) is 5.82 Å². The van der Waals surface area contributed by atoms with Crippen LogP contribution in [-0.2, 0) is 19.5 Å². The number of benzene rings is 2. The van der Waals surface area contributed by atoms with E-state index in [1.165, 1.54) is 24.1 Å². The Morgan fingerprint density at radius 3 is 2.60 bits per heavy atom. The highest BCUT2D eigenvalue weighted by Gasteiger charge is 2.33. The number of nitrogens with one attached hydrogen (secondary N) is 1. The van der Waals surface area contributed by atoms with Crippen LogP contribution in [0.4, 0.5) is 4.39 Å². The van der Waals surface area contributed by atoms with Crippen molar-refractivity contribution in [3.8, 4) is 0 Å². The van der Waals surface area contributed by atoms with Crippen molar-refractivity contribution in [3.05, 3.63) is 111 Å². The first kappa shape index (κ1) is 26.1. The van der Waals surface area contributed by atoms with E-state index in [0.717, 1.165) is 54.3 Å². The minimum absolute atomic E-state index is 0.170. The molecule has 3 aromatic heterocycles. The number of tetrazole rings is 1. The first-order chi connectivity index (χ1) is 19.6. The van der Waals surface area contributed by atoms with Gasteiger partial charge < -0.3 is 9.40 Å². The summed E-state index contributed by atoms with van der Waals surface area (Å²) in [5.74, 6) is 1.07. The van der Waals surface area contributed by atoms with Gasteiger partial charge in [-0.25, -0.2) is 9.07 Å². The minimum atomic E-state index is -0.578. The molecule has 1 aliphatic carbocycles. The van der Waals surface area contributed by atoms with Crippen molar-refractivity contribution >= 4 is 10.9 Å². The largest absolute Gasteiger partial charge is 0.468 e. The molecule has 3 heterocycles. The van der Waals surface area contributed by atoms with Gasteiger partial charge in [-0.05, 0) is 88.7 Å². The summed E-state index contributed by atoms with van der Waals surface area (Å²) in [7, 11) is 0. The number of aromatic nitrogens is 5. The van der Waals surface area contributed by atoms with Gasteiger partial charge in [-0.15, -0.1) is 5.10 Å². The van der Waals surface area contributed by atoms with E-state index in [1.807, 2.05) is 35.0 Å². The maximum Gasteiger partial charge on any atom is 0.253 e. The molecule has 1 atom stereocenters. The molecule has 8 nitrogen and oxygen atoms in total. The summed E-state index contributed by atoms with van der Waals surface area (Å²) in [5.41, 5.74) is 3.24. The standard InChI is InChI=1S/C31H33FN6O2/c1-2-21-12-15-28-23(17-21)18-27(31(39)33-28)29(30-34-35-36-38(30)25-7-4-3-5-8-25)37(20-26-9-6-16-40-26)19-22-10-13-24(32)14-11-22/h6,9-18,25,29H,2-5,7-8,19-20H2,1H3,(H,33,39). The zero-order valence-corrected chi connectivity index (χ0v) is 22.6. The topological polar surface area (TPSA) is 92.8 Å². The predicted molar refractivity (Wildman–Crippen MR) is 150 cm³/mol. The molecule has 1 unspecified atom stereocenters. The number of halogens is 1.